The van der Waals surface area contributed by atoms with E-state index in [4.69, 9.17) is 0 Å². The number of nitrogens with one attached hydrogen (secondary N) is 1. The molecule has 0 saturated heterocycles. The summed E-state index contributed by atoms with van der Waals surface area (Å²) in [5, 5.41) is 1.47. The molecule has 98 valence electrons. The lowest BCUT2D eigenvalue weighted by atomic mass is 9.74. The average molecular weight is 251 g/mol. The number of aromatic nitrogens is 1. The van der Waals surface area contributed by atoms with Gasteiger partial charge in [0.2, 0.25) is 0 Å². The third-order valence-electron chi connectivity index (χ3n) is 4.34. The van der Waals surface area contributed by atoms with Gasteiger partial charge in [0.1, 0.15) is 0 Å². The maximum Gasteiger partial charge on any atom is 0.0459 e. The van der Waals surface area contributed by atoms with Crippen molar-refractivity contribution in [3.05, 3.63) is 35.5 Å². The molecule has 1 N–H and O–H groups in total. The zero-order chi connectivity index (χ0) is 13.2. The van der Waals surface area contributed by atoms with E-state index in [9.17, 15) is 0 Å². The van der Waals surface area contributed by atoms with E-state index < -0.39 is 0 Å². The standard InChI is InChI=1S/C18H21N/c1-3-5-8-15-13(7-4-2)11-14-12-19-17-10-6-9-16(15)18(14)17/h6,9-10,12-13,15,19H,3,5,8,11H2,1-2H3/t13-,15?/m1/s1. The summed E-state index contributed by atoms with van der Waals surface area (Å²) in [5.41, 5.74) is 4.25. The van der Waals surface area contributed by atoms with Crippen molar-refractivity contribution in [2.45, 2.75) is 45.4 Å². The van der Waals surface area contributed by atoms with Crippen LogP contribution in [0.1, 0.15) is 50.2 Å². The van der Waals surface area contributed by atoms with E-state index in [2.05, 4.69) is 48.1 Å². The highest BCUT2D eigenvalue weighted by molar-refractivity contribution is 5.88. The van der Waals surface area contributed by atoms with Gasteiger partial charge in [-0.25, -0.2) is 0 Å². The van der Waals surface area contributed by atoms with E-state index in [0.717, 1.165) is 6.42 Å². The Kier molecular flexibility index (Phi) is 3.34. The number of H-pyrrole nitrogens is 1. The Morgan fingerprint density at radius 1 is 1.37 bits per heavy atom. The summed E-state index contributed by atoms with van der Waals surface area (Å²) in [5.74, 6) is 7.69. The SMILES string of the molecule is CC#C[C@@H]1Cc2c[nH]c3cccc(c23)C1CCCC. The van der Waals surface area contributed by atoms with E-state index in [1.807, 2.05) is 6.92 Å². The second-order valence-corrected chi connectivity index (χ2v) is 5.54. The topological polar surface area (TPSA) is 15.8 Å². The van der Waals surface area contributed by atoms with Gasteiger partial charge in [-0.2, -0.15) is 0 Å². The Morgan fingerprint density at radius 2 is 2.26 bits per heavy atom. The van der Waals surface area contributed by atoms with E-state index in [1.165, 1.54) is 41.3 Å². The Labute approximate surface area is 115 Å². The quantitative estimate of drug-likeness (QED) is 0.765. The largest absolute Gasteiger partial charge is 0.361 e. The van der Waals surface area contributed by atoms with Crippen molar-refractivity contribution in [3.8, 4) is 11.8 Å². The van der Waals surface area contributed by atoms with Crippen LogP contribution in [0.25, 0.3) is 10.9 Å². The van der Waals surface area contributed by atoms with E-state index in [0.29, 0.717) is 11.8 Å². The van der Waals surface area contributed by atoms with Gasteiger partial charge < -0.3 is 4.98 Å². The minimum Gasteiger partial charge on any atom is -0.361 e. The molecule has 0 radical (unpaired) electrons. The molecule has 1 unspecified atom stereocenters. The van der Waals surface area contributed by atoms with Crippen molar-refractivity contribution in [2.75, 3.05) is 0 Å². The minimum absolute atomic E-state index is 0.491. The first kappa shape index (κ1) is 12.4. The van der Waals surface area contributed by atoms with Gasteiger partial charge in [-0.05, 0) is 42.9 Å². The van der Waals surface area contributed by atoms with Crippen molar-refractivity contribution in [2.24, 2.45) is 5.92 Å². The fourth-order valence-electron chi connectivity index (χ4n) is 3.47. The lowest BCUT2D eigenvalue weighted by Gasteiger charge is -2.29. The Morgan fingerprint density at radius 3 is 3.05 bits per heavy atom. The molecular formula is C18H21N. The second-order valence-electron chi connectivity index (χ2n) is 5.54. The van der Waals surface area contributed by atoms with Gasteiger partial charge >= 0.3 is 0 Å². The molecule has 1 aliphatic rings. The molecule has 1 heterocycles. The monoisotopic (exact) mass is 251 g/mol. The van der Waals surface area contributed by atoms with Gasteiger partial charge in [-0.15, -0.1) is 5.92 Å². The summed E-state index contributed by atoms with van der Waals surface area (Å²) in [6.45, 7) is 4.23. The summed E-state index contributed by atoms with van der Waals surface area (Å²) in [6, 6.07) is 6.67. The molecule has 1 aliphatic carbocycles. The van der Waals surface area contributed by atoms with Crippen molar-refractivity contribution >= 4 is 10.9 Å². The Bertz CT molecular complexity index is 638. The van der Waals surface area contributed by atoms with E-state index in [-0.39, 0.29) is 0 Å². The molecule has 2 atom stereocenters. The minimum atomic E-state index is 0.491. The predicted molar refractivity (Wildman–Crippen MR) is 81.2 cm³/mol. The molecule has 1 nitrogen and oxygen atoms in total. The highest BCUT2D eigenvalue weighted by Crippen LogP contribution is 2.42. The van der Waals surface area contributed by atoms with Crippen LogP contribution in [0.5, 0.6) is 0 Å². The molecule has 0 bridgehead atoms. The maximum absolute atomic E-state index is 3.45. The fraction of sp³-hybridized carbons (Fsp3) is 0.444. The molecule has 0 saturated carbocycles. The highest BCUT2D eigenvalue weighted by Gasteiger charge is 2.29. The van der Waals surface area contributed by atoms with Crippen molar-refractivity contribution in [1.82, 2.24) is 4.98 Å². The molecule has 1 heteroatoms. The number of unbranched alkanes of at least 4 members (excludes halogenated alkanes) is 1. The van der Waals surface area contributed by atoms with Crippen molar-refractivity contribution in [3.63, 3.8) is 0 Å². The first-order valence-electron chi connectivity index (χ1n) is 7.36. The maximum atomic E-state index is 3.45. The summed E-state index contributed by atoms with van der Waals surface area (Å²) < 4.78 is 0. The van der Waals surface area contributed by atoms with Crippen LogP contribution in [-0.2, 0) is 6.42 Å². The van der Waals surface area contributed by atoms with Crippen molar-refractivity contribution in [1.29, 1.82) is 0 Å². The molecule has 0 aliphatic heterocycles. The summed E-state index contributed by atoms with van der Waals surface area (Å²) in [4.78, 5) is 3.41. The third kappa shape index (κ3) is 2.06. The number of hydrogen-bond acceptors (Lipinski definition) is 0. The first-order valence-corrected chi connectivity index (χ1v) is 7.36. The summed E-state index contributed by atoms with van der Waals surface area (Å²) >= 11 is 0. The molecule has 1 aromatic carbocycles. The zero-order valence-electron chi connectivity index (χ0n) is 11.8. The summed E-state index contributed by atoms with van der Waals surface area (Å²) in [7, 11) is 0. The van der Waals surface area contributed by atoms with Gasteiger partial charge in [0.05, 0.1) is 0 Å². The smallest absolute Gasteiger partial charge is 0.0459 e. The predicted octanol–water partition coefficient (Wildman–Crippen LogP) is 4.64. The van der Waals surface area contributed by atoms with Gasteiger partial charge in [0.15, 0.2) is 0 Å². The molecule has 19 heavy (non-hydrogen) atoms. The summed E-state index contributed by atoms with van der Waals surface area (Å²) in [6.07, 6.45) is 7.10. The van der Waals surface area contributed by atoms with Gasteiger partial charge in [-0.1, -0.05) is 37.8 Å². The first-order chi connectivity index (χ1) is 9.35. The average Bonchev–Trinajstić information content (AvgIpc) is 2.83. The van der Waals surface area contributed by atoms with Crippen LogP contribution in [0.2, 0.25) is 0 Å². The number of hydrogen-bond donors (Lipinski definition) is 1. The highest BCUT2D eigenvalue weighted by atomic mass is 14.7. The molecule has 2 aromatic rings. The lowest BCUT2D eigenvalue weighted by Crippen LogP contribution is -2.18. The normalized spacial score (nSPS) is 21.2. The third-order valence-corrected chi connectivity index (χ3v) is 4.34. The number of aromatic amines is 1. The van der Waals surface area contributed by atoms with Crippen molar-refractivity contribution < 1.29 is 0 Å². The van der Waals surface area contributed by atoms with Crippen LogP contribution in [-0.4, -0.2) is 4.98 Å². The Balaban J connectivity index is 2.09. The molecule has 0 spiro atoms. The van der Waals surface area contributed by atoms with Crippen LogP contribution in [0.4, 0.5) is 0 Å². The molecule has 3 rings (SSSR count). The van der Waals surface area contributed by atoms with E-state index >= 15 is 0 Å². The molecule has 1 aromatic heterocycles. The Hall–Kier alpha value is -1.68. The van der Waals surface area contributed by atoms with Crippen LogP contribution in [0, 0.1) is 17.8 Å². The number of rotatable bonds is 3. The van der Waals surface area contributed by atoms with Gasteiger partial charge in [0.25, 0.3) is 0 Å². The van der Waals surface area contributed by atoms with Gasteiger partial charge in [-0.3, -0.25) is 0 Å². The van der Waals surface area contributed by atoms with Gasteiger partial charge in [0, 0.05) is 23.0 Å². The molecule has 0 fully saturated rings. The van der Waals surface area contributed by atoms with E-state index in [1.54, 1.807) is 0 Å². The van der Waals surface area contributed by atoms with Crippen LogP contribution in [0.3, 0.4) is 0 Å². The second kappa shape index (κ2) is 5.13. The van der Waals surface area contributed by atoms with Crippen LogP contribution < -0.4 is 0 Å². The zero-order valence-corrected chi connectivity index (χ0v) is 11.8. The molecular weight excluding hydrogens is 230 g/mol. The lowest BCUT2D eigenvalue weighted by molar-refractivity contribution is 0.465. The van der Waals surface area contributed by atoms with Crippen LogP contribution >= 0.6 is 0 Å². The van der Waals surface area contributed by atoms with Crippen LogP contribution in [0.15, 0.2) is 24.4 Å². The fourth-order valence-corrected chi connectivity index (χ4v) is 3.47. The number of benzene rings is 1. The molecule has 0 amide bonds.